The van der Waals surface area contributed by atoms with Crippen LogP contribution < -0.4 is 10.0 Å². The van der Waals surface area contributed by atoms with E-state index in [1.807, 2.05) is 11.6 Å². The number of hydrogen-bond acceptors (Lipinski definition) is 9. The largest absolute Gasteiger partial charge is 0.345 e. The molecule has 5 rings (SSSR count). The predicted octanol–water partition coefficient (Wildman–Crippen LogP) is 0.621. The third-order valence-corrected chi connectivity index (χ3v) is 11.2. The van der Waals surface area contributed by atoms with E-state index in [9.17, 15) is 26.4 Å². The third-order valence-electron chi connectivity index (χ3n) is 6.87. The minimum atomic E-state index is -4.17. The van der Waals surface area contributed by atoms with Crippen LogP contribution in [0, 0.1) is 12.3 Å². The monoisotopic (exact) mass is 604 g/mol. The minimum Gasteiger partial charge on any atom is -0.345 e. The van der Waals surface area contributed by atoms with Gasteiger partial charge in [-0.1, -0.05) is 5.92 Å². The van der Waals surface area contributed by atoms with Crippen LogP contribution in [0.2, 0.25) is 0 Å². The average molecular weight is 605 g/mol. The van der Waals surface area contributed by atoms with E-state index >= 15 is 0 Å². The number of amides is 2. The summed E-state index contributed by atoms with van der Waals surface area (Å²) in [5.41, 5.74) is 2.00. The fourth-order valence-electron chi connectivity index (χ4n) is 4.97. The van der Waals surface area contributed by atoms with Crippen LogP contribution in [-0.4, -0.2) is 85.3 Å². The first kappa shape index (κ1) is 28.2. The van der Waals surface area contributed by atoms with Crippen LogP contribution in [-0.2, 0) is 37.8 Å². The molecule has 2 amide bonds. The molecule has 3 aromatic rings. The fourth-order valence-corrected chi connectivity index (χ4v) is 8.76. The molecule has 1 saturated heterocycles. The summed E-state index contributed by atoms with van der Waals surface area (Å²) in [4.78, 5) is 34.8. The van der Waals surface area contributed by atoms with Gasteiger partial charge in [0.1, 0.15) is 5.03 Å². The number of carbonyl (C=O) groups excluding carboxylic acids is 2. The standard InChI is InChI=1S/C25H28N6O6S3/c1-4-17-5-6-20-18(10-17)11-23(27-20)40(36,37)30-7-8-31(19(13-30)14-39(34,35)29-16(3)32)25(33)24-28-21-9-15(2)26-12-22(21)38-24/h1,5-6,10-11,15,19,26-27H,7-9,12-14H2,2-3H3,(H,29,32). The Labute approximate surface area is 236 Å². The Kier molecular flexibility index (Phi) is 7.48. The first-order valence-electron chi connectivity index (χ1n) is 12.5. The van der Waals surface area contributed by atoms with Gasteiger partial charge in [0, 0.05) is 66.9 Å². The molecule has 15 heteroatoms. The number of aromatic nitrogens is 2. The molecule has 40 heavy (non-hydrogen) atoms. The Bertz CT molecular complexity index is 1750. The second-order valence-corrected chi connectivity index (χ2v) is 14.7. The van der Waals surface area contributed by atoms with Crippen molar-refractivity contribution in [2.45, 2.75) is 43.9 Å². The number of H-pyrrole nitrogens is 1. The molecule has 4 heterocycles. The Morgan fingerprint density at radius 1 is 1.23 bits per heavy atom. The number of piperazine rings is 1. The van der Waals surface area contributed by atoms with Crippen molar-refractivity contribution >= 4 is 54.1 Å². The van der Waals surface area contributed by atoms with E-state index in [1.54, 1.807) is 18.2 Å². The van der Waals surface area contributed by atoms with E-state index in [0.29, 0.717) is 29.4 Å². The Hall–Kier alpha value is -3.29. The van der Waals surface area contributed by atoms with Crippen LogP contribution in [0.1, 0.15) is 39.8 Å². The first-order chi connectivity index (χ1) is 18.9. The number of nitrogens with one attached hydrogen (secondary N) is 3. The maximum atomic E-state index is 13.6. The van der Waals surface area contributed by atoms with Crippen LogP contribution in [0.3, 0.4) is 0 Å². The summed E-state index contributed by atoms with van der Waals surface area (Å²) < 4.78 is 55.8. The highest BCUT2D eigenvalue weighted by Gasteiger charge is 2.40. The molecule has 2 aliphatic heterocycles. The highest BCUT2D eigenvalue weighted by atomic mass is 32.2. The van der Waals surface area contributed by atoms with Gasteiger partial charge in [0.2, 0.25) is 15.9 Å². The Morgan fingerprint density at radius 2 is 2.00 bits per heavy atom. The van der Waals surface area contributed by atoms with E-state index in [-0.39, 0.29) is 35.7 Å². The average Bonchev–Trinajstić information content (AvgIpc) is 3.51. The number of benzene rings is 1. The van der Waals surface area contributed by atoms with Crippen molar-refractivity contribution in [3.8, 4) is 12.3 Å². The number of fused-ring (bicyclic) bond motifs is 2. The lowest BCUT2D eigenvalue weighted by Crippen LogP contribution is -2.59. The van der Waals surface area contributed by atoms with Crippen LogP contribution in [0.5, 0.6) is 0 Å². The highest BCUT2D eigenvalue weighted by molar-refractivity contribution is 7.90. The van der Waals surface area contributed by atoms with E-state index in [1.165, 1.54) is 22.3 Å². The quantitative estimate of drug-likeness (QED) is 0.345. The lowest BCUT2D eigenvalue weighted by atomic mass is 10.1. The molecule has 0 spiro atoms. The van der Waals surface area contributed by atoms with Crippen LogP contribution in [0.4, 0.5) is 0 Å². The first-order valence-corrected chi connectivity index (χ1v) is 16.4. The van der Waals surface area contributed by atoms with Gasteiger partial charge < -0.3 is 15.2 Å². The van der Waals surface area contributed by atoms with Crippen molar-refractivity contribution in [2.24, 2.45) is 0 Å². The zero-order chi connectivity index (χ0) is 28.8. The summed E-state index contributed by atoms with van der Waals surface area (Å²) in [6.45, 7) is 3.27. The predicted molar refractivity (Wildman–Crippen MR) is 150 cm³/mol. The number of hydrogen-bond donors (Lipinski definition) is 3. The van der Waals surface area contributed by atoms with Gasteiger partial charge in [-0.05, 0) is 31.2 Å². The van der Waals surface area contributed by atoms with Crippen molar-refractivity contribution in [3.05, 3.63) is 45.4 Å². The van der Waals surface area contributed by atoms with E-state index in [0.717, 1.165) is 21.8 Å². The van der Waals surface area contributed by atoms with Crippen LogP contribution >= 0.6 is 11.3 Å². The summed E-state index contributed by atoms with van der Waals surface area (Å²) in [6.07, 6.45) is 6.12. The molecule has 0 bridgehead atoms. The number of thiazole rings is 1. The zero-order valence-corrected chi connectivity index (χ0v) is 24.2. The lowest BCUT2D eigenvalue weighted by Gasteiger charge is -2.40. The Balaban J connectivity index is 1.44. The topological polar surface area (TPSA) is 162 Å². The highest BCUT2D eigenvalue weighted by Crippen LogP contribution is 2.28. The second-order valence-electron chi connectivity index (χ2n) is 9.91. The van der Waals surface area contributed by atoms with Crippen molar-refractivity contribution in [2.75, 3.05) is 25.4 Å². The van der Waals surface area contributed by atoms with Crippen LogP contribution in [0.15, 0.2) is 29.3 Å². The van der Waals surface area contributed by atoms with Gasteiger partial charge in [0.05, 0.1) is 17.5 Å². The molecule has 2 aromatic heterocycles. The summed E-state index contributed by atoms with van der Waals surface area (Å²) in [6, 6.07) is 5.69. The van der Waals surface area contributed by atoms with Gasteiger partial charge in [-0.3, -0.25) is 14.3 Å². The Morgan fingerprint density at radius 3 is 2.73 bits per heavy atom. The van der Waals surface area contributed by atoms with Gasteiger partial charge >= 0.3 is 0 Å². The van der Waals surface area contributed by atoms with Crippen molar-refractivity contribution in [3.63, 3.8) is 0 Å². The molecule has 212 valence electrons. The number of nitrogens with zero attached hydrogens (tertiary/aromatic N) is 3. The molecule has 0 radical (unpaired) electrons. The van der Waals surface area contributed by atoms with Crippen molar-refractivity contribution < 1.29 is 26.4 Å². The minimum absolute atomic E-state index is 0.0561. The van der Waals surface area contributed by atoms with Gasteiger partial charge in [0.15, 0.2) is 5.01 Å². The van der Waals surface area contributed by atoms with Gasteiger partial charge in [-0.25, -0.2) is 21.8 Å². The van der Waals surface area contributed by atoms with Crippen LogP contribution in [0.25, 0.3) is 10.9 Å². The van der Waals surface area contributed by atoms with Crippen molar-refractivity contribution in [1.82, 2.24) is 29.2 Å². The second kappa shape index (κ2) is 10.6. The number of terminal acetylenes is 1. The maximum Gasteiger partial charge on any atom is 0.283 e. The summed E-state index contributed by atoms with van der Waals surface area (Å²) in [5.74, 6) is 0.599. The molecule has 0 saturated carbocycles. The number of aromatic amines is 1. The summed E-state index contributed by atoms with van der Waals surface area (Å²) >= 11 is 1.24. The normalized spacial score (nSPS) is 20.2. The molecule has 1 fully saturated rings. The number of sulfonamides is 2. The molecule has 3 N–H and O–H groups in total. The molecular weight excluding hydrogens is 577 g/mol. The molecule has 2 unspecified atom stereocenters. The van der Waals surface area contributed by atoms with E-state index in [4.69, 9.17) is 6.42 Å². The molecule has 1 aromatic carbocycles. The lowest BCUT2D eigenvalue weighted by molar-refractivity contribution is -0.117. The third kappa shape index (κ3) is 5.63. The number of carbonyl (C=O) groups is 2. The SMILES string of the molecule is C#Cc1ccc2[nH]c(S(=O)(=O)N3CCN(C(=O)c4nc5c(s4)CNC(C)C5)C(CS(=O)(=O)NC(C)=O)C3)cc2c1. The van der Waals surface area contributed by atoms with E-state index < -0.39 is 43.7 Å². The summed E-state index contributed by atoms with van der Waals surface area (Å²) in [5, 5.41) is 4.08. The molecular formula is C25H28N6O6S3. The molecule has 2 aliphatic rings. The van der Waals surface area contributed by atoms with Crippen molar-refractivity contribution in [1.29, 1.82) is 0 Å². The molecule has 0 aliphatic carbocycles. The zero-order valence-electron chi connectivity index (χ0n) is 21.8. The molecule has 2 atom stereocenters. The van der Waals surface area contributed by atoms with Gasteiger partial charge in [0.25, 0.3) is 15.9 Å². The fraction of sp³-hybridized carbons (Fsp3) is 0.400. The number of rotatable bonds is 6. The maximum absolute atomic E-state index is 13.6. The molecule has 12 nitrogen and oxygen atoms in total. The smallest absolute Gasteiger partial charge is 0.283 e. The van der Waals surface area contributed by atoms with E-state index in [2.05, 4.69) is 21.2 Å². The van der Waals surface area contributed by atoms with Gasteiger partial charge in [-0.15, -0.1) is 17.8 Å². The summed E-state index contributed by atoms with van der Waals surface area (Å²) in [7, 11) is -8.26. The van der Waals surface area contributed by atoms with Gasteiger partial charge in [-0.2, -0.15) is 4.31 Å².